The number of para-hydroxylation sites is 1. The van der Waals surface area contributed by atoms with Crippen LogP contribution in [0.1, 0.15) is 67.7 Å². The Morgan fingerprint density at radius 2 is 1.36 bits per heavy atom. The first-order chi connectivity index (χ1) is 10.1. The number of rotatable bonds is 3. The molecule has 0 aromatic heterocycles. The molecule has 1 aromatic carbocycles. The highest BCUT2D eigenvalue weighted by atomic mass is 16.1. The summed E-state index contributed by atoms with van der Waals surface area (Å²) in [5.41, 5.74) is 12.0. The number of amides is 2. The summed E-state index contributed by atoms with van der Waals surface area (Å²) in [5.74, 6) is -1.09. The van der Waals surface area contributed by atoms with Gasteiger partial charge in [0.1, 0.15) is 0 Å². The van der Waals surface area contributed by atoms with Gasteiger partial charge in [-0.3, -0.25) is 9.59 Å². The zero-order chi connectivity index (χ0) is 16.7. The van der Waals surface area contributed by atoms with E-state index >= 15 is 0 Å². The van der Waals surface area contributed by atoms with Crippen LogP contribution in [-0.4, -0.2) is 22.9 Å². The Balaban J connectivity index is 2.77. The van der Waals surface area contributed by atoms with Gasteiger partial charge in [-0.25, -0.2) is 0 Å². The van der Waals surface area contributed by atoms with Crippen molar-refractivity contribution in [1.82, 2.24) is 0 Å². The highest BCUT2D eigenvalue weighted by molar-refractivity contribution is 6.07. The number of carbonyl (C=O) groups excluding carboxylic acids is 2. The summed E-state index contributed by atoms with van der Waals surface area (Å²) >= 11 is 0. The lowest BCUT2D eigenvalue weighted by molar-refractivity contribution is 0.0999. The lowest BCUT2D eigenvalue weighted by atomic mass is 9.78. The monoisotopic (exact) mass is 303 g/mol. The van der Waals surface area contributed by atoms with Gasteiger partial charge in [-0.2, -0.15) is 0 Å². The van der Waals surface area contributed by atoms with E-state index in [4.69, 9.17) is 11.5 Å². The van der Waals surface area contributed by atoms with Crippen molar-refractivity contribution in [2.24, 2.45) is 11.5 Å². The summed E-state index contributed by atoms with van der Waals surface area (Å²) in [6, 6.07) is 4.96. The van der Waals surface area contributed by atoms with Gasteiger partial charge < -0.3 is 16.4 Å². The number of nitrogens with two attached hydrogens (primary N) is 2. The Hall–Kier alpha value is -2.04. The molecule has 4 N–H and O–H groups in total. The van der Waals surface area contributed by atoms with Crippen molar-refractivity contribution < 1.29 is 9.59 Å². The number of piperidine rings is 1. The van der Waals surface area contributed by atoms with E-state index in [1.165, 1.54) is 0 Å². The number of hydrogen-bond acceptors (Lipinski definition) is 3. The average Bonchev–Trinajstić information content (AvgIpc) is 2.36. The zero-order valence-electron chi connectivity index (χ0n) is 13.8. The van der Waals surface area contributed by atoms with Crippen LogP contribution >= 0.6 is 0 Å². The molecule has 1 heterocycles. The van der Waals surface area contributed by atoms with E-state index in [9.17, 15) is 9.59 Å². The smallest absolute Gasteiger partial charge is 0.250 e. The van der Waals surface area contributed by atoms with Gasteiger partial charge in [-0.1, -0.05) is 6.07 Å². The molecule has 0 bridgehead atoms. The molecule has 1 aliphatic heterocycles. The van der Waals surface area contributed by atoms with Gasteiger partial charge in [0.15, 0.2) is 0 Å². The molecule has 1 aliphatic rings. The SMILES string of the molecule is CC1(C)CCCC(C)(C)N1c1c(C(N)=O)cccc1C(N)=O. The molecule has 2 amide bonds. The topological polar surface area (TPSA) is 89.4 Å². The fourth-order valence-corrected chi connectivity index (χ4v) is 3.78. The Bertz CT molecular complexity index is 572. The van der Waals surface area contributed by atoms with Gasteiger partial charge in [-0.15, -0.1) is 0 Å². The van der Waals surface area contributed by atoms with Crippen LogP contribution in [0.5, 0.6) is 0 Å². The Labute approximate surface area is 131 Å². The molecule has 5 heteroatoms. The molecule has 120 valence electrons. The Morgan fingerprint density at radius 1 is 0.955 bits per heavy atom. The van der Waals surface area contributed by atoms with Gasteiger partial charge in [-0.05, 0) is 59.1 Å². The maximum absolute atomic E-state index is 11.9. The first-order valence-electron chi connectivity index (χ1n) is 7.61. The summed E-state index contributed by atoms with van der Waals surface area (Å²) in [6.07, 6.45) is 3.05. The van der Waals surface area contributed by atoms with Crippen LogP contribution in [0.25, 0.3) is 0 Å². The number of nitrogens with zero attached hydrogens (tertiary/aromatic N) is 1. The minimum atomic E-state index is -0.546. The summed E-state index contributed by atoms with van der Waals surface area (Å²) in [7, 11) is 0. The molecule has 22 heavy (non-hydrogen) atoms. The predicted molar refractivity (Wildman–Crippen MR) is 88.0 cm³/mol. The molecule has 1 saturated heterocycles. The van der Waals surface area contributed by atoms with Crippen molar-refractivity contribution >= 4 is 17.5 Å². The van der Waals surface area contributed by atoms with Crippen molar-refractivity contribution in [1.29, 1.82) is 0 Å². The summed E-state index contributed by atoms with van der Waals surface area (Å²) in [5, 5.41) is 0. The fourth-order valence-electron chi connectivity index (χ4n) is 3.78. The second kappa shape index (κ2) is 5.30. The van der Waals surface area contributed by atoms with Gasteiger partial charge in [0, 0.05) is 11.1 Å². The molecule has 0 unspecified atom stereocenters. The number of anilines is 1. The van der Waals surface area contributed by atoms with Crippen molar-refractivity contribution in [3.63, 3.8) is 0 Å². The van der Waals surface area contributed by atoms with Crippen molar-refractivity contribution in [2.75, 3.05) is 4.90 Å². The van der Waals surface area contributed by atoms with Crippen LogP contribution in [0.2, 0.25) is 0 Å². The second-order valence-corrected chi connectivity index (χ2v) is 7.24. The van der Waals surface area contributed by atoms with Crippen LogP contribution in [0.15, 0.2) is 18.2 Å². The van der Waals surface area contributed by atoms with E-state index < -0.39 is 11.8 Å². The van der Waals surface area contributed by atoms with E-state index in [0.717, 1.165) is 19.3 Å². The average molecular weight is 303 g/mol. The van der Waals surface area contributed by atoms with Gasteiger partial charge in [0.25, 0.3) is 11.8 Å². The molecule has 0 saturated carbocycles. The van der Waals surface area contributed by atoms with Crippen molar-refractivity contribution in [2.45, 2.75) is 58.0 Å². The van der Waals surface area contributed by atoms with Crippen molar-refractivity contribution in [3.8, 4) is 0 Å². The van der Waals surface area contributed by atoms with Crippen LogP contribution in [0.4, 0.5) is 5.69 Å². The van der Waals surface area contributed by atoms with E-state index in [-0.39, 0.29) is 11.1 Å². The quantitative estimate of drug-likeness (QED) is 0.898. The Morgan fingerprint density at radius 3 is 1.73 bits per heavy atom. The van der Waals surface area contributed by atoms with E-state index in [2.05, 4.69) is 32.6 Å². The van der Waals surface area contributed by atoms with E-state index in [0.29, 0.717) is 16.8 Å². The highest BCUT2D eigenvalue weighted by Gasteiger charge is 2.43. The van der Waals surface area contributed by atoms with E-state index in [1.807, 2.05) is 0 Å². The second-order valence-electron chi connectivity index (χ2n) is 7.24. The van der Waals surface area contributed by atoms with Crippen LogP contribution in [-0.2, 0) is 0 Å². The summed E-state index contributed by atoms with van der Waals surface area (Å²) < 4.78 is 0. The minimum absolute atomic E-state index is 0.197. The third-order valence-corrected chi connectivity index (χ3v) is 4.58. The van der Waals surface area contributed by atoms with Gasteiger partial charge in [0.2, 0.25) is 0 Å². The summed E-state index contributed by atoms with van der Waals surface area (Å²) in [4.78, 5) is 26.0. The third kappa shape index (κ3) is 2.67. The molecule has 2 rings (SSSR count). The lowest BCUT2D eigenvalue weighted by Crippen LogP contribution is -2.59. The molecule has 1 aromatic rings. The third-order valence-electron chi connectivity index (χ3n) is 4.58. The highest BCUT2D eigenvalue weighted by Crippen LogP contribution is 2.44. The molecular weight excluding hydrogens is 278 g/mol. The first kappa shape index (κ1) is 16.3. The maximum Gasteiger partial charge on any atom is 0.250 e. The zero-order valence-corrected chi connectivity index (χ0v) is 13.8. The van der Waals surface area contributed by atoms with Crippen LogP contribution in [0.3, 0.4) is 0 Å². The molecule has 0 spiro atoms. The molecule has 0 atom stereocenters. The normalized spacial score (nSPS) is 19.7. The van der Waals surface area contributed by atoms with Crippen molar-refractivity contribution in [3.05, 3.63) is 29.3 Å². The fraction of sp³-hybridized carbons (Fsp3) is 0.529. The van der Waals surface area contributed by atoms with E-state index in [1.54, 1.807) is 18.2 Å². The summed E-state index contributed by atoms with van der Waals surface area (Å²) in [6.45, 7) is 8.49. The maximum atomic E-state index is 11.9. The minimum Gasteiger partial charge on any atom is -0.366 e. The van der Waals surface area contributed by atoms with Crippen LogP contribution < -0.4 is 16.4 Å². The Kier molecular flexibility index (Phi) is 3.94. The molecular formula is C17H25N3O2. The molecule has 0 aliphatic carbocycles. The molecule has 1 fully saturated rings. The number of primary amides is 2. The van der Waals surface area contributed by atoms with Gasteiger partial charge in [0.05, 0.1) is 16.8 Å². The number of carbonyl (C=O) groups is 2. The predicted octanol–water partition coefficient (Wildman–Crippen LogP) is 2.43. The number of benzene rings is 1. The number of hydrogen-bond donors (Lipinski definition) is 2. The van der Waals surface area contributed by atoms with Gasteiger partial charge >= 0.3 is 0 Å². The standard InChI is InChI=1S/C17H25N3O2/c1-16(2)9-6-10-17(3,4)20(16)13-11(14(18)21)7-5-8-12(13)15(19)22/h5,7-8H,6,9-10H2,1-4H3,(H2,18,21)(H2,19,22). The molecule has 5 nitrogen and oxygen atoms in total. The lowest BCUT2D eigenvalue weighted by Gasteiger charge is -2.55. The molecule has 0 radical (unpaired) electrons. The first-order valence-corrected chi connectivity index (χ1v) is 7.61. The van der Waals surface area contributed by atoms with Crippen LogP contribution in [0, 0.1) is 0 Å². The largest absolute Gasteiger partial charge is 0.366 e.